The van der Waals surface area contributed by atoms with Gasteiger partial charge in [0, 0.05) is 13.0 Å². The van der Waals surface area contributed by atoms with Gasteiger partial charge in [-0.3, -0.25) is 13.8 Å². The highest BCUT2D eigenvalue weighted by molar-refractivity contribution is 7.47. The van der Waals surface area contributed by atoms with Gasteiger partial charge in [0.05, 0.1) is 25.4 Å². The summed E-state index contributed by atoms with van der Waals surface area (Å²) in [5.41, 5.74) is 5.41. The van der Waals surface area contributed by atoms with Gasteiger partial charge in [0.1, 0.15) is 0 Å². The molecule has 0 spiro atoms. The number of phosphoric ester groups is 1. The molecule has 63 heavy (non-hydrogen) atoms. The van der Waals surface area contributed by atoms with Crippen molar-refractivity contribution in [2.24, 2.45) is 5.73 Å². The number of phosphoric acid groups is 1. The van der Waals surface area contributed by atoms with Gasteiger partial charge in [-0.1, -0.05) is 290 Å². The maximum Gasteiger partial charge on any atom is 0.472 e. The highest BCUT2D eigenvalue weighted by Crippen LogP contribution is 2.43. The smallest absolute Gasteiger partial charge is 0.391 e. The maximum absolute atomic E-state index is 12.9. The van der Waals surface area contributed by atoms with E-state index in [0.717, 1.165) is 38.5 Å². The minimum absolute atomic E-state index is 0.0929. The summed E-state index contributed by atoms with van der Waals surface area (Å²) in [6.45, 7) is 4.27. The van der Waals surface area contributed by atoms with Gasteiger partial charge >= 0.3 is 7.82 Å². The van der Waals surface area contributed by atoms with E-state index < -0.39 is 20.0 Å². The van der Waals surface area contributed by atoms with Gasteiger partial charge < -0.3 is 21.1 Å². The van der Waals surface area contributed by atoms with E-state index in [9.17, 15) is 19.4 Å². The number of amides is 1. The van der Waals surface area contributed by atoms with Crippen LogP contribution in [0, 0.1) is 0 Å². The van der Waals surface area contributed by atoms with Crippen LogP contribution in [0.3, 0.4) is 0 Å². The summed E-state index contributed by atoms with van der Waals surface area (Å²) in [4.78, 5) is 22.9. The number of aliphatic hydroxyl groups is 1. The SMILES string of the molecule is CCCCCCCCCCCCCCCCCCCCCCCCCCCCCCC(=O)N[C@@H](COP(=O)(O)OCCN)[C@H](O)CCCCCCCCCCCCCCCCCC. The highest BCUT2D eigenvalue weighted by Gasteiger charge is 2.27. The van der Waals surface area contributed by atoms with Crippen molar-refractivity contribution in [2.75, 3.05) is 19.8 Å². The third-order valence-electron chi connectivity index (χ3n) is 13.2. The average Bonchev–Trinajstić information content (AvgIpc) is 3.27. The second kappa shape index (κ2) is 50.9. The summed E-state index contributed by atoms with van der Waals surface area (Å²) in [6.07, 6.45) is 58.6. The molecule has 0 aromatic rings. The van der Waals surface area contributed by atoms with Crippen LogP contribution < -0.4 is 11.1 Å². The summed E-state index contributed by atoms with van der Waals surface area (Å²) in [5.74, 6) is -0.153. The standard InChI is InChI=1S/C54H111N2O6P/c1-3-5-7-9-11-13-15-17-19-21-22-23-24-25-26-27-28-29-30-31-32-34-36-38-40-42-44-46-48-54(58)56-52(51-62-63(59,60)61-50-49-55)53(57)47-45-43-41-39-37-35-33-20-18-16-14-12-10-8-6-4-2/h52-53,57H,3-51,55H2,1-2H3,(H,56,58)(H,59,60)/t52-,53+/m0/s1. The largest absolute Gasteiger partial charge is 0.472 e. The minimum atomic E-state index is -4.32. The van der Waals surface area contributed by atoms with Crippen molar-refractivity contribution in [3.8, 4) is 0 Å². The molecule has 0 fully saturated rings. The Balaban J connectivity index is 3.87. The zero-order valence-corrected chi connectivity index (χ0v) is 43.2. The van der Waals surface area contributed by atoms with E-state index >= 15 is 0 Å². The molecule has 3 atom stereocenters. The second-order valence-electron chi connectivity index (χ2n) is 19.5. The molecule has 9 heteroatoms. The van der Waals surface area contributed by atoms with Crippen LogP contribution >= 0.6 is 7.82 Å². The molecule has 8 nitrogen and oxygen atoms in total. The van der Waals surface area contributed by atoms with Crippen molar-refractivity contribution < 1.29 is 28.4 Å². The Morgan fingerprint density at radius 1 is 0.460 bits per heavy atom. The predicted molar refractivity (Wildman–Crippen MR) is 272 cm³/mol. The molecule has 0 bridgehead atoms. The molecule has 0 saturated carbocycles. The van der Waals surface area contributed by atoms with Crippen molar-refractivity contribution in [3.05, 3.63) is 0 Å². The summed E-state index contributed by atoms with van der Waals surface area (Å²) in [7, 11) is -4.32. The van der Waals surface area contributed by atoms with Crippen molar-refractivity contribution in [2.45, 2.75) is 321 Å². The number of unbranched alkanes of at least 4 members (excludes halogenated alkanes) is 42. The monoisotopic (exact) mass is 915 g/mol. The Morgan fingerprint density at radius 2 is 0.730 bits per heavy atom. The quantitative estimate of drug-likeness (QED) is 0.0353. The Labute approximate surface area is 392 Å². The van der Waals surface area contributed by atoms with Crippen molar-refractivity contribution in [1.29, 1.82) is 0 Å². The number of nitrogens with one attached hydrogen (secondary N) is 1. The van der Waals surface area contributed by atoms with Gasteiger partial charge in [-0.05, 0) is 12.8 Å². The summed E-state index contributed by atoms with van der Waals surface area (Å²) < 4.78 is 22.3. The van der Waals surface area contributed by atoms with E-state index in [0.29, 0.717) is 12.8 Å². The third-order valence-corrected chi connectivity index (χ3v) is 14.2. The lowest BCUT2D eigenvalue weighted by Crippen LogP contribution is -2.46. The Bertz CT molecular complexity index is 957. The molecule has 0 rings (SSSR count). The lowest BCUT2D eigenvalue weighted by Gasteiger charge is -2.25. The number of rotatable bonds is 54. The summed E-state index contributed by atoms with van der Waals surface area (Å²) in [5, 5.41) is 13.9. The molecule has 0 aliphatic carbocycles. The van der Waals surface area contributed by atoms with E-state index in [1.165, 1.54) is 244 Å². The highest BCUT2D eigenvalue weighted by atomic mass is 31.2. The van der Waals surface area contributed by atoms with Crippen molar-refractivity contribution in [1.82, 2.24) is 5.32 Å². The zero-order valence-electron chi connectivity index (χ0n) is 42.4. The molecular formula is C54H111N2O6P. The van der Waals surface area contributed by atoms with Crippen LogP contribution in [0.25, 0.3) is 0 Å². The topological polar surface area (TPSA) is 131 Å². The fraction of sp³-hybridized carbons (Fsp3) is 0.981. The molecule has 0 radical (unpaired) electrons. The van der Waals surface area contributed by atoms with Crippen LogP contribution in [0.1, 0.15) is 309 Å². The number of aliphatic hydroxyl groups excluding tert-OH is 1. The molecule has 0 aliphatic rings. The van der Waals surface area contributed by atoms with E-state index in [4.69, 9.17) is 14.8 Å². The first-order valence-corrected chi connectivity index (χ1v) is 29.6. The fourth-order valence-corrected chi connectivity index (χ4v) is 9.73. The van der Waals surface area contributed by atoms with Gasteiger partial charge in [0.15, 0.2) is 0 Å². The Morgan fingerprint density at radius 3 is 1.02 bits per heavy atom. The van der Waals surface area contributed by atoms with Crippen LogP contribution in [0.5, 0.6) is 0 Å². The normalized spacial score (nSPS) is 13.7. The zero-order chi connectivity index (χ0) is 46.0. The molecule has 0 aromatic heterocycles. The van der Waals surface area contributed by atoms with Gasteiger partial charge in [0.2, 0.25) is 5.91 Å². The number of carbonyl (C=O) groups excluding carboxylic acids is 1. The molecular weight excluding hydrogens is 804 g/mol. The Kier molecular flexibility index (Phi) is 50.5. The van der Waals surface area contributed by atoms with Gasteiger partial charge in [-0.2, -0.15) is 0 Å². The first-order chi connectivity index (χ1) is 30.9. The Hall–Kier alpha value is -0.500. The first kappa shape index (κ1) is 62.5. The molecule has 378 valence electrons. The predicted octanol–water partition coefficient (Wildman–Crippen LogP) is 16.9. The van der Waals surface area contributed by atoms with Crippen LogP contribution in [-0.4, -0.2) is 47.8 Å². The molecule has 0 aliphatic heterocycles. The second-order valence-corrected chi connectivity index (χ2v) is 21.0. The lowest BCUT2D eigenvalue weighted by atomic mass is 10.0. The summed E-state index contributed by atoms with van der Waals surface area (Å²) >= 11 is 0. The minimum Gasteiger partial charge on any atom is -0.391 e. The fourth-order valence-electron chi connectivity index (χ4n) is 8.97. The first-order valence-electron chi connectivity index (χ1n) is 28.2. The molecule has 5 N–H and O–H groups in total. The van der Waals surface area contributed by atoms with Gasteiger partial charge in [-0.15, -0.1) is 0 Å². The molecule has 1 amide bonds. The van der Waals surface area contributed by atoms with E-state index in [1.807, 2.05) is 0 Å². The molecule has 0 saturated heterocycles. The van der Waals surface area contributed by atoms with Crippen molar-refractivity contribution >= 4 is 13.7 Å². The average molecular weight is 915 g/mol. The van der Waals surface area contributed by atoms with Crippen LogP contribution in [0.2, 0.25) is 0 Å². The maximum atomic E-state index is 12.9. The summed E-state index contributed by atoms with van der Waals surface area (Å²) in [6, 6.07) is -0.769. The third kappa shape index (κ3) is 49.2. The van der Waals surface area contributed by atoms with Crippen molar-refractivity contribution in [3.63, 3.8) is 0 Å². The number of carbonyl (C=O) groups is 1. The van der Waals surface area contributed by atoms with Crippen LogP contribution in [0.4, 0.5) is 0 Å². The number of hydrogen-bond donors (Lipinski definition) is 4. The van der Waals surface area contributed by atoms with Crippen LogP contribution in [0.15, 0.2) is 0 Å². The number of hydrogen-bond acceptors (Lipinski definition) is 6. The van der Waals surface area contributed by atoms with E-state index in [1.54, 1.807) is 0 Å². The van der Waals surface area contributed by atoms with E-state index in [-0.39, 0.29) is 25.7 Å². The molecule has 1 unspecified atom stereocenters. The lowest BCUT2D eigenvalue weighted by molar-refractivity contribution is -0.123. The van der Waals surface area contributed by atoms with Gasteiger partial charge in [-0.25, -0.2) is 4.57 Å². The number of nitrogens with two attached hydrogens (primary N) is 1. The van der Waals surface area contributed by atoms with Gasteiger partial charge in [0.25, 0.3) is 0 Å². The van der Waals surface area contributed by atoms with Crippen LogP contribution in [-0.2, 0) is 18.4 Å². The van der Waals surface area contributed by atoms with E-state index in [2.05, 4.69) is 19.2 Å². The molecule has 0 heterocycles. The molecule has 0 aromatic carbocycles.